The number of anilines is 2. The standard InChI is InChI=1S/C22H19ClN2O5/c1-28-19-13-20(29-2)18(12-16(19)23)25-22(27)24-17-11-7-6-10-15(17)21(26)30-14-8-4-3-5-9-14/h3-13H,1-2H3,(H2,24,25,27). The van der Waals surface area contributed by atoms with Gasteiger partial charge in [0.05, 0.1) is 36.2 Å². The molecule has 30 heavy (non-hydrogen) atoms. The second kappa shape index (κ2) is 9.67. The molecule has 0 aliphatic rings. The third kappa shape index (κ3) is 5.01. The van der Waals surface area contributed by atoms with Crippen molar-refractivity contribution in [1.29, 1.82) is 0 Å². The highest BCUT2D eigenvalue weighted by Crippen LogP contribution is 2.36. The zero-order chi connectivity index (χ0) is 21.5. The van der Waals surface area contributed by atoms with Crippen molar-refractivity contribution in [2.75, 3.05) is 24.9 Å². The molecule has 0 aliphatic carbocycles. The summed E-state index contributed by atoms with van der Waals surface area (Å²) in [6.45, 7) is 0. The maximum Gasteiger partial charge on any atom is 0.345 e. The number of esters is 1. The number of ether oxygens (including phenoxy) is 3. The van der Waals surface area contributed by atoms with Crippen LogP contribution in [0.5, 0.6) is 17.2 Å². The van der Waals surface area contributed by atoms with Crippen LogP contribution in [-0.4, -0.2) is 26.2 Å². The Bertz CT molecular complexity index is 1060. The van der Waals surface area contributed by atoms with E-state index in [0.717, 1.165) is 0 Å². The summed E-state index contributed by atoms with van der Waals surface area (Å²) in [6, 6.07) is 17.7. The van der Waals surface area contributed by atoms with Crippen molar-refractivity contribution in [2.24, 2.45) is 0 Å². The van der Waals surface area contributed by atoms with Gasteiger partial charge in [-0.25, -0.2) is 9.59 Å². The largest absolute Gasteiger partial charge is 0.495 e. The fourth-order valence-electron chi connectivity index (χ4n) is 2.65. The predicted molar refractivity (Wildman–Crippen MR) is 115 cm³/mol. The SMILES string of the molecule is COc1cc(OC)c(NC(=O)Nc2ccccc2C(=O)Oc2ccccc2)cc1Cl. The van der Waals surface area contributed by atoms with Gasteiger partial charge in [-0.05, 0) is 30.3 Å². The predicted octanol–water partition coefficient (Wildman–Crippen LogP) is 5.22. The maximum atomic E-state index is 12.5. The summed E-state index contributed by atoms with van der Waals surface area (Å²) in [5.74, 6) is 0.582. The number of carbonyl (C=O) groups is 2. The topological polar surface area (TPSA) is 85.9 Å². The zero-order valence-corrected chi connectivity index (χ0v) is 17.0. The number of amides is 2. The van der Waals surface area contributed by atoms with Crippen LogP contribution in [0.15, 0.2) is 66.7 Å². The van der Waals surface area contributed by atoms with Gasteiger partial charge in [0.2, 0.25) is 0 Å². The van der Waals surface area contributed by atoms with E-state index in [-0.39, 0.29) is 11.3 Å². The van der Waals surface area contributed by atoms with Crippen LogP contribution in [0, 0.1) is 0 Å². The molecule has 3 aromatic carbocycles. The Labute approximate surface area is 178 Å². The minimum Gasteiger partial charge on any atom is -0.495 e. The van der Waals surface area contributed by atoms with Crippen LogP contribution < -0.4 is 24.8 Å². The van der Waals surface area contributed by atoms with Crippen molar-refractivity contribution in [3.05, 3.63) is 77.3 Å². The Morgan fingerprint density at radius 1 is 0.800 bits per heavy atom. The summed E-state index contributed by atoms with van der Waals surface area (Å²) < 4.78 is 15.8. The van der Waals surface area contributed by atoms with Gasteiger partial charge in [0.15, 0.2) is 0 Å². The van der Waals surface area contributed by atoms with Gasteiger partial charge in [0.25, 0.3) is 0 Å². The van der Waals surface area contributed by atoms with E-state index in [1.54, 1.807) is 54.6 Å². The van der Waals surface area contributed by atoms with E-state index < -0.39 is 12.0 Å². The number of para-hydroxylation sites is 2. The molecular weight excluding hydrogens is 408 g/mol. The molecule has 0 aromatic heterocycles. The highest BCUT2D eigenvalue weighted by Gasteiger charge is 2.17. The normalized spacial score (nSPS) is 10.1. The Morgan fingerprint density at radius 2 is 1.43 bits per heavy atom. The van der Waals surface area contributed by atoms with Gasteiger partial charge in [0, 0.05) is 6.07 Å². The fraction of sp³-hybridized carbons (Fsp3) is 0.0909. The lowest BCUT2D eigenvalue weighted by Gasteiger charge is -2.15. The van der Waals surface area contributed by atoms with Crippen LogP contribution in [-0.2, 0) is 0 Å². The second-order valence-electron chi connectivity index (χ2n) is 6.01. The van der Waals surface area contributed by atoms with E-state index in [1.807, 2.05) is 6.07 Å². The smallest absolute Gasteiger partial charge is 0.345 e. The number of methoxy groups -OCH3 is 2. The molecule has 0 fully saturated rings. The number of benzene rings is 3. The first-order valence-electron chi connectivity index (χ1n) is 8.87. The van der Waals surface area contributed by atoms with Crippen molar-refractivity contribution in [2.45, 2.75) is 0 Å². The van der Waals surface area contributed by atoms with Crippen LogP contribution in [0.4, 0.5) is 16.2 Å². The molecule has 0 heterocycles. The van der Waals surface area contributed by atoms with Gasteiger partial charge in [-0.1, -0.05) is 41.9 Å². The Morgan fingerprint density at radius 3 is 2.13 bits per heavy atom. The lowest BCUT2D eigenvalue weighted by atomic mass is 10.2. The van der Waals surface area contributed by atoms with Crippen molar-refractivity contribution in [3.8, 4) is 17.2 Å². The first-order valence-corrected chi connectivity index (χ1v) is 9.25. The van der Waals surface area contributed by atoms with Gasteiger partial charge in [-0.2, -0.15) is 0 Å². The van der Waals surface area contributed by atoms with Crippen LogP contribution in [0.25, 0.3) is 0 Å². The molecule has 2 amide bonds. The highest BCUT2D eigenvalue weighted by molar-refractivity contribution is 6.32. The molecule has 0 radical (unpaired) electrons. The monoisotopic (exact) mass is 426 g/mol. The van der Waals surface area contributed by atoms with E-state index >= 15 is 0 Å². The third-order valence-electron chi connectivity index (χ3n) is 4.07. The third-order valence-corrected chi connectivity index (χ3v) is 4.37. The molecule has 3 rings (SSSR count). The molecule has 7 nitrogen and oxygen atoms in total. The average Bonchev–Trinajstić information content (AvgIpc) is 2.75. The maximum absolute atomic E-state index is 12.5. The summed E-state index contributed by atoms with van der Waals surface area (Å²) in [6.07, 6.45) is 0. The molecule has 8 heteroatoms. The lowest BCUT2D eigenvalue weighted by Crippen LogP contribution is -2.22. The highest BCUT2D eigenvalue weighted by atomic mass is 35.5. The molecule has 0 bridgehead atoms. The lowest BCUT2D eigenvalue weighted by molar-refractivity contribution is 0.0736. The molecule has 0 unspecified atom stereocenters. The quantitative estimate of drug-likeness (QED) is 0.417. The summed E-state index contributed by atoms with van der Waals surface area (Å²) in [5.41, 5.74) is 0.830. The van der Waals surface area contributed by atoms with Crippen LogP contribution in [0.3, 0.4) is 0 Å². The van der Waals surface area contributed by atoms with Crippen molar-refractivity contribution in [3.63, 3.8) is 0 Å². The molecule has 154 valence electrons. The second-order valence-corrected chi connectivity index (χ2v) is 6.42. The summed E-state index contributed by atoms with van der Waals surface area (Å²) in [5, 5.41) is 5.60. The molecule has 0 saturated carbocycles. The number of halogens is 1. The van der Waals surface area contributed by atoms with Crippen molar-refractivity contribution >= 4 is 35.0 Å². The Hall–Kier alpha value is -3.71. The molecule has 0 saturated heterocycles. The number of urea groups is 1. The van der Waals surface area contributed by atoms with Crippen LogP contribution in [0.1, 0.15) is 10.4 Å². The summed E-state index contributed by atoms with van der Waals surface area (Å²) in [4.78, 5) is 25.1. The number of nitrogens with one attached hydrogen (secondary N) is 2. The summed E-state index contributed by atoms with van der Waals surface area (Å²) in [7, 11) is 2.94. The Balaban J connectivity index is 1.76. The number of rotatable bonds is 6. The van der Waals surface area contributed by atoms with Gasteiger partial charge in [0.1, 0.15) is 17.2 Å². The zero-order valence-electron chi connectivity index (χ0n) is 16.3. The van der Waals surface area contributed by atoms with E-state index in [4.69, 9.17) is 25.8 Å². The number of carbonyl (C=O) groups excluding carboxylic acids is 2. The van der Waals surface area contributed by atoms with E-state index in [1.165, 1.54) is 20.3 Å². The molecule has 0 spiro atoms. The van der Waals surface area contributed by atoms with Gasteiger partial charge >= 0.3 is 12.0 Å². The van der Waals surface area contributed by atoms with Gasteiger partial charge < -0.3 is 24.8 Å². The van der Waals surface area contributed by atoms with Crippen LogP contribution >= 0.6 is 11.6 Å². The molecule has 2 N–H and O–H groups in total. The molecule has 0 atom stereocenters. The molecular formula is C22H19ClN2O5. The summed E-state index contributed by atoms with van der Waals surface area (Å²) >= 11 is 6.13. The molecule has 3 aromatic rings. The van der Waals surface area contributed by atoms with Crippen molar-refractivity contribution < 1.29 is 23.8 Å². The Kier molecular flexibility index (Phi) is 6.77. The average molecular weight is 427 g/mol. The minimum absolute atomic E-state index is 0.205. The van der Waals surface area contributed by atoms with E-state index in [2.05, 4.69) is 10.6 Å². The number of hydrogen-bond acceptors (Lipinski definition) is 5. The number of hydrogen-bond donors (Lipinski definition) is 2. The first-order chi connectivity index (χ1) is 14.5. The van der Waals surface area contributed by atoms with Gasteiger partial charge in [-0.3, -0.25) is 0 Å². The van der Waals surface area contributed by atoms with E-state index in [0.29, 0.717) is 28.0 Å². The van der Waals surface area contributed by atoms with Crippen LogP contribution in [0.2, 0.25) is 5.02 Å². The minimum atomic E-state index is -0.595. The van der Waals surface area contributed by atoms with Gasteiger partial charge in [-0.15, -0.1) is 0 Å². The van der Waals surface area contributed by atoms with Crippen molar-refractivity contribution in [1.82, 2.24) is 0 Å². The first kappa shape index (κ1) is 21.0. The van der Waals surface area contributed by atoms with E-state index in [9.17, 15) is 9.59 Å². The fourth-order valence-corrected chi connectivity index (χ4v) is 2.90. The molecule has 0 aliphatic heterocycles.